The first-order valence-electron chi connectivity index (χ1n) is 9.45. The second kappa shape index (κ2) is 8.54. The number of amides is 1. The number of carbonyl (C=O) groups excluding carboxylic acids is 1. The van der Waals surface area contributed by atoms with Gasteiger partial charge >= 0.3 is 0 Å². The lowest BCUT2D eigenvalue weighted by atomic mass is 10.2. The number of hydrogen-bond donors (Lipinski definition) is 2. The van der Waals surface area contributed by atoms with E-state index in [2.05, 4.69) is 25.5 Å². The van der Waals surface area contributed by atoms with Crippen molar-refractivity contribution >= 4 is 28.6 Å². The van der Waals surface area contributed by atoms with Gasteiger partial charge in [0.1, 0.15) is 5.82 Å². The van der Waals surface area contributed by atoms with Gasteiger partial charge in [0.25, 0.3) is 11.5 Å². The SMILES string of the molecule is CCn1c(SCc2nc3ccccc3c(=O)[nH]2)nnc1[C@@H](C)NC(=O)c1ccco1. The molecule has 0 radical (unpaired) electrons. The highest BCUT2D eigenvalue weighted by molar-refractivity contribution is 7.98. The predicted molar refractivity (Wildman–Crippen MR) is 112 cm³/mol. The Morgan fingerprint density at radius 2 is 2.10 bits per heavy atom. The average molecular weight is 424 g/mol. The fourth-order valence-corrected chi connectivity index (χ4v) is 3.98. The van der Waals surface area contributed by atoms with Crippen LogP contribution in [0.1, 0.15) is 42.1 Å². The molecule has 0 bridgehead atoms. The largest absolute Gasteiger partial charge is 0.459 e. The number of fused-ring (bicyclic) bond motifs is 1. The van der Waals surface area contributed by atoms with Gasteiger partial charge in [-0.1, -0.05) is 23.9 Å². The van der Waals surface area contributed by atoms with E-state index in [0.717, 1.165) is 0 Å². The van der Waals surface area contributed by atoms with Crippen LogP contribution in [-0.4, -0.2) is 30.6 Å². The second-order valence-electron chi connectivity index (χ2n) is 6.58. The van der Waals surface area contributed by atoms with Crippen LogP contribution in [0.2, 0.25) is 0 Å². The van der Waals surface area contributed by atoms with Crippen LogP contribution in [-0.2, 0) is 12.3 Å². The van der Waals surface area contributed by atoms with E-state index >= 15 is 0 Å². The summed E-state index contributed by atoms with van der Waals surface area (Å²) in [6.07, 6.45) is 1.45. The van der Waals surface area contributed by atoms with Crippen LogP contribution in [0, 0.1) is 0 Å². The number of aromatic amines is 1. The van der Waals surface area contributed by atoms with Crippen molar-refractivity contribution in [1.29, 1.82) is 0 Å². The minimum atomic E-state index is -0.358. The normalized spacial score (nSPS) is 12.2. The lowest BCUT2D eigenvalue weighted by Crippen LogP contribution is -2.28. The maximum atomic E-state index is 12.2. The summed E-state index contributed by atoms with van der Waals surface area (Å²) in [7, 11) is 0. The third-order valence-electron chi connectivity index (χ3n) is 4.54. The molecule has 30 heavy (non-hydrogen) atoms. The summed E-state index contributed by atoms with van der Waals surface area (Å²) < 4.78 is 7.05. The molecular formula is C20H20N6O3S. The third kappa shape index (κ3) is 3.99. The quantitative estimate of drug-likeness (QED) is 0.438. The summed E-state index contributed by atoms with van der Waals surface area (Å²) in [5.74, 6) is 1.57. The van der Waals surface area contributed by atoms with Crippen molar-refractivity contribution in [3.63, 3.8) is 0 Å². The molecule has 9 nitrogen and oxygen atoms in total. The van der Waals surface area contributed by atoms with Crippen molar-refractivity contribution in [2.45, 2.75) is 37.3 Å². The minimum absolute atomic E-state index is 0.164. The molecule has 4 rings (SSSR count). The molecule has 1 amide bonds. The van der Waals surface area contributed by atoms with Crippen LogP contribution in [0.3, 0.4) is 0 Å². The van der Waals surface area contributed by atoms with E-state index in [1.807, 2.05) is 36.6 Å². The highest BCUT2D eigenvalue weighted by atomic mass is 32.2. The van der Waals surface area contributed by atoms with Gasteiger partial charge in [0, 0.05) is 6.54 Å². The van der Waals surface area contributed by atoms with E-state index in [1.54, 1.807) is 18.2 Å². The Morgan fingerprint density at radius 1 is 1.27 bits per heavy atom. The summed E-state index contributed by atoms with van der Waals surface area (Å²) in [5, 5.41) is 12.6. The molecule has 0 saturated carbocycles. The molecule has 0 spiro atoms. The average Bonchev–Trinajstić information content (AvgIpc) is 3.42. The topological polar surface area (TPSA) is 119 Å². The van der Waals surface area contributed by atoms with Crippen LogP contribution in [0.4, 0.5) is 0 Å². The number of furan rings is 1. The number of carbonyl (C=O) groups is 1. The molecule has 0 aliphatic heterocycles. The van der Waals surface area contributed by atoms with Gasteiger partial charge in [0.05, 0.1) is 29.0 Å². The molecule has 1 aromatic carbocycles. The van der Waals surface area contributed by atoms with Gasteiger partial charge in [0.2, 0.25) is 0 Å². The van der Waals surface area contributed by atoms with E-state index in [-0.39, 0.29) is 23.3 Å². The fourth-order valence-electron chi connectivity index (χ4n) is 3.10. The number of hydrogen-bond acceptors (Lipinski definition) is 7. The fraction of sp³-hybridized carbons (Fsp3) is 0.250. The number of aromatic nitrogens is 5. The molecule has 1 atom stereocenters. The molecule has 0 unspecified atom stereocenters. The summed E-state index contributed by atoms with van der Waals surface area (Å²) >= 11 is 1.42. The summed E-state index contributed by atoms with van der Waals surface area (Å²) in [6, 6.07) is 10.1. The molecule has 2 N–H and O–H groups in total. The van der Waals surface area contributed by atoms with Crippen LogP contribution in [0.15, 0.2) is 57.0 Å². The summed E-state index contributed by atoms with van der Waals surface area (Å²) in [6.45, 7) is 4.45. The van der Waals surface area contributed by atoms with Crippen molar-refractivity contribution < 1.29 is 9.21 Å². The standard InChI is InChI=1S/C20H20N6O3S/c1-3-26-17(12(2)21-19(28)15-9-6-10-29-15)24-25-20(26)30-11-16-22-14-8-5-4-7-13(14)18(27)23-16/h4-10,12H,3,11H2,1-2H3,(H,21,28)(H,22,23,27)/t12-/m1/s1. The van der Waals surface area contributed by atoms with E-state index in [0.29, 0.717) is 40.0 Å². The van der Waals surface area contributed by atoms with Gasteiger partial charge in [-0.25, -0.2) is 4.98 Å². The van der Waals surface area contributed by atoms with E-state index < -0.39 is 0 Å². The van der Waals surface area contributed by atoms with Crippen LogP contribution >= 0.6 is 11.8 Å². The Hall–Kier alpha value is -3.40. The van der Waals surface area contributed by atoms with Crippen molar-refractivity contribution in [1.82, 2.24) is 30.0 Å². The van der Waals surface area contributed by atoms with Crippen molar-refractivity contribution in [2.24, 2.45) is 0 Å². The molecule has 4 aromatic rings. The molecule has 0 aliphatic rings. The number of H-pyrrole nitrogens is 1. The van der Waals surface area contributed by atoms with Gasteiger partial charge < -0.3 is 19.3 Å². The monoisotopic (exact) mass is 424 g/mol. The Kier molecular flexibility index (Phi) is 5.66. The van der Waals surface area contributed by atoms with E-state index in [9.17, 15) is 9.59 Å². The number of benzene rings is 1. The molecule has 0 saturated heterocycles. The molecule has 0 aliphatic carbocycles. The summed E-state index contributed by atoms with van der Waals surface area (Å²) in [4.78, 5) is 31.8. The number of nitrogens with one attached hydrogen (secondary N) is 2. The van der Waals surface area contributed by atoms with Gasteiger partial charge in [-0.3, -0.25) is 9.59 Å². The van der Waals surface area contributed by atoms with Gasteiger partial charge in [0.15, 0.2) is 16.7 Å². The smallest absolute Gasteiger partial charge is 0.287 e. The lowest BCUT2D eigenvalue weighted by molar-refractivity contribution is 0.0909. The molecule has 3 heterocycles. The van der Waals surface area contributed by atoms with Crippen molar-refractivity contribution in [3.8, 4) is 0 Å². The number of nitrogens with zero attached hydrogens (tertiary/aromatic N) is 4. The van der Waals surface area contributed by atoms with Crippen molar-refractivity contribution in [3.05, 3.63) is 70.4 Å². The first kappa shape index (κ1) is 19.9. The van der Waals surface area contributed by atoms with E-state index in [1.165, 1.54) is 18.0 Å². The first-order valence-corrected chi connectivity index (χ1v) is 10.4. The summed E-state index contributed by atoms with van der Waals surface area (Å²) in [5.41, 5.74) is 0.492. The zero-order valence-electron chi connectivity index (χ0n) is 16.5. The Bertz CT molecular complexity index is 1230. The Labute approximate surface area is 175 Å². The maximum Gasteiger partial charge on any atom is 0.287 e. The Balaban J connectivity index is 1.50. The lowest BCUT2D eigenvalue weighted by Gasteiger charge is -2.14. The number of para-hydroxylation sites is 1. The first-order chi connectivity index (χ1) is 14.6. The number of rotatable bonds is 7. The number of thioether (sulfide) groups is 1. The predicted octanol–water partition coefficient (Wildman–Crippen LogP) is 2.91. The molecule has 3 aromatic heterocycles. The highest BCUT2D eigenvalue weighted by Gasteiger charge is 2.20. The molecular weight excluding hydrogens is 404 g/mol. The van der Waals surface area contributed by atoms with E-state index in [4.69, 9.17) is 4.42 Å². The highest BCUT2D eigenvalue weighted by Crippen LogP contribution is 2.23. The zero-order chi connectivity index (χ0) is 21.1. The maximum absolute atomic E-state index is 12.2. The molecule has 154 valence electrons. The molecule has 0 fully saturated rings. The minimum Gasteiger partial charge on any atom is -0.459 e. The van der Waals surface area contributed by atoms with Crippen molar-refractivity contribution in [2.75, 3.05) is 0 Å². The second-order valence-corrected chi connectivity index (χ2v) is 7.52. The van der Waals surface area contributed by atoms with Gasteiger partial charge in [-0.05, 0) is 38.1 Å². The zero-order valence-corrected chi connectivity index (χ0v) is 17.3. The Morgan fingerprint density at radius 3 is 2.87 bits per heavy atom. The third-order valence-corrected chi connectivity index (χ3v) is 5.52. The van der Waals surface area contributed by atoms with Crippen LogP contribution in [0.5, 0.6) is 0 Å². The van der Waals surface area contributed by atoms with Gasteiger partial charge in [-0.2, -0.15) is 0 Å². The molecule has 10 heteroatoms. The van der Waals surface area contributed by atoms with Gasteiger partial charge in [-0.15, -0.1) is 10.2 Å². The van der Waals surface area contributed by atoms with Crippen LogP contribution in [0.25, 0.3) is 10.9 Å². The van der Waals surface area contributed by atoms with Crippen LogP contribution < -0.4 is 10.9 Å².